The number of anilines is 1. The highest BCUT2D eigenvalue weighted by atomic mass is 32.2. The van der Waals surface area contributed by atoms with Crippen LogP contribution < -0.4 is 25.1 Å². The molecular formula is C45H47FN10O11S. The van der Waals surface area contributed by atoms with E-state index in [1.807, 2.05) is 78.9 Å². The van der Waals surface area contributed by atoms with E-state index < -0.39 is 82.9 Å². The Morgan fingerprint density at radius 1 is 0.912 bits per heavy atom. The fourth-order valence-corrected chi connectivity index (χ4v) is 9.26. The topological polar surface area (TPSA) is 258 Å². The van der Waals surface area contributed by atoms with Crippen LogP contribution in [0.4, 0.5) is 10.3 Å². The van der Waals surface area contributed by atoms with Crippen LogP contribution in [-0.2, 0) is 39.1 Å². The molecule has 0 unspecified atom stereocenters. The Morgan fingerprint density at radius 2 is 1.56 bits per heavy atom. The zero-order valence-corrected chi connectivity index (χ0v) is 37.8. The number of ether oxygens (including phenoxy) is 5. The Kier molecular flexibility index (Phi) is 13.0. The number of fused-ring (bicyclic) bond motifs is 2. The largest absolute Gasteiger partial charge is 0.497 e. The summed E-state index contributed by atoms with van der Waals surface area (Å²) in [6.45, 7) is 2.59. The Labute approximate surface area is 387 Å². The number of hydrogen-bond acceptors (Lipinski definition) is 16. The molecule has 3 aromatic carbocycles. The van der Waals surface area contributed by atoms with E-state index in [0.29, 0.717) is 17.0 Å². The maximum atomic E-state index is 15.6. The first kappa shape index (κ1) is 46.4. The van der Waals surface area contributed by atoms with Gasteiger partial charge in [0.1, 0.15) is 47.3 Å². The van der Waals surface area contributed by atoms with Crippen molar-refractivity contribution >= 4 is 44.5 Å². The fourth-order valence-electron chi connectivity index (χ4n) is 8.33. The second-order valence-corrected chi connectivity index (χ2v) is 17.8. The van der Waals surface area contributed by atoms with Gasteiger partial charge in [-0.2, -0.15) is 18.1 Å². The van der Waals surface area contributed by atoms with Gasteiger partial charge in [-0.05, 0) is 41.0 Å². The Morgan fingerprint density at radius 3 is 2.22 bits per heavy atom. The van der Waals surface area contributed by atoms with Crippen LogP contribution in [0.3, 0.4) is 0 Å². The van der Waals surface area contributed by atoms with Crippen molar-refractivity contribution in [2.24, 2.45) is 5.92 Å². The van der Waals surface area contributed by atoms with Crippen molar-refractivity contribution in [2.75, 3.05) is 32.7 Å². The van der Waals surface area contributed by atoms with E-state index in [0.717, 1.165) is 16.7 Å². The van der Waals surface area contributed by atoms with Gasteiger partial charge in [-0.1, -0.05) is 68.4 Å². The average molecular weight is 955 g/mol. The molecule has 2 saturated heterocycles. The molecule has 4 N–H and O–H groups in total. The molecule has 9 rings (SSSR count). The molecule has 1 amide bonds. The second-order valence-electron chi connectivity index (χ2n) is 16.4. The molecule has 0 radical (unpaired) electrons. The first-order valence-corrected chi connectivity index (χ1v) is 22.9. The van der Waals surface area contributed by atoms with E-state index in [4.69, 9.17) is 27.9 Å². The third-order valence-corrected chi connectivity index (χ3v) is 12.8. The van der Waals surface area contributed by atoms with Crippen molar-refractivity contribution in [2.45, 2.75) is 68.9 Å². The van der Waals surface area contributed by atoms with Crippen LogP contribution in [0.1, 0.15) is 49.4 Å². The zero-order chi connectivity index (χ0) is 47.7. The summed E-state index contributed by atoms with van der Waals surface area (Å²) in [5.74, 6) is 0.196. The number of imidazole rings is 2. The molecule has 4 aromatic heterocycles. The van der Waals surface area contributed by atoms with Crippen molar-refractivity contribution in [3.05, 3.63) is 131 Å². The van der Waals surface area contributed by atoms with Crippen LogP contribution in [0.25, 0.3) is 22.3 Å². The van der Waals surface area contributed by atoms with Crippen molar-refractivity contribution in [3.63, 3.8) is 0 Å². The van der Waals surface area contributed by atoms with Crippen molar-refractivity contribution in [1.82, 2.24) is 43.8 Å². The normalized spacial score (nSPS) is 22.0. The minimum atomic E-state index is -4.75. The standard InChI is InChI=1S/C45H47FN10O11S/c1-25(2)40(58)53-44-52-39-36(41(59)54-44)50-24-56(39)42-33(67-68(60,61)51-20-34-37(57)35(46)43(66-34)55-23-49-32-19-47-22-48-38(32)55)18-31(65-42)21-64-45(26-8-6-5-7-9-26,27-10-14-29(62-3)15-11-27)28-12-16-30(63-4)17-13-28/h5-17,19,22-25,31,33-35,37,42-43,51,57H,18,20-21H2,1-4H3,(H2,52,53,54,58,59)/t31-,33+,34+,35+,37+,42+,43+/m0/s1. The van der Waals surface area contributed by atoms with Gasteiger partial charge in [0.15, 0.2) is 35.4 Å². The van der Waals surface area contributed by atoms with Crippen molar-refractivity contribution in [1.29, 1.82) is 0 Å². The minimum Gasteiger partial charge on any atom is -0.497 e. The van der Waals surface area contributed by atoms with Crippen LogP contribution in [0, 0.1) is 5.92 Å². The lowest BCUT2D eigenvalue weighted by molar-refractivity contribution is -0.118. The summed E-state index contributed by atoms with van der Waals surface area (Å²) in [4.78, 5) is 49.3. The second kappa shape index (κ2) is 19.1. The van der Waals surface area contributed by atoms with Gasteiger partial charge in [-0.25, -0.2) is 28.5 Å². The predicted molar refractivity (Wildman–Crippen MR) is 240 cm³/mol. The lowest BCUT2D eigenvalue weighted by Crippen LogP contribution is -2.41. The highest BCUT2D eigenvalue weighted by molar-refractivity contribution is 7.84. The number of H-pyrrole nitrogens is 1. The van der Waals surface area contributed by atoms with Gasteiger partial charge in [0.25, 0.3) is 5.56 Å². The zero-order valence-electron chi connectivity index (χ0n) is 37.0. The minimum absolute atomic E-state index is 0.0479. The summed E-state index contributed by atoms with van der Waals surface area (Å²) >= 11 is 0. The number of aliphatic hydroxyl groups is 1. The van der Waals surface area contributed by atoms with Crippen molar-refractivity contribution < 1.29 is 50.6 Å². The van der Waals surface area contributed by atoms with Crippen LogP contribution in [0.5, 0.6) is 11.5 Å². The number of halogens is 1. The Hall–Kier alpha value is -6.73. The molecule has 7 atom stereocenters. The molecule has 2 fully saturated rings. The Bertz CT molecular complexity index is 3020. The van der Waals surface area contributed by atoms with Crippen LogP contribution in [0.2, 0.25) is 0 Å². The molecule has 2 aliphatic rings. The van der Waals surface area contributed by atoms with Gasteiger partial charge in [-0.3, -0.25) is 29.0 Å². The number of aliphatic hydroxyl groups excluding tert-OH is 1. The number of amides is 1. The number of carbonyl (C=O) groups is 1. The number of carbonyl (C=O) groups excluding carboxylic acids is 1. The third kappa shape index (κ3) is 9.03. The highest BCUT2D eigenvalue weighted by Crippen LogP contribution is 2.43. The molecule has 0 aliphatic carbocycles. The molecular weight excluding hydrogens is 908 g/mol. The van der Waals surface area contributed by atoms with E-state index >= 15 is 4.39 Å². The molecule has 0 bridgehead atoms. The summed E-state index contributed by atoms with van der Waals surface area (Å²) in [5, 5.41) is 13.5. The molecule has 68 heavy (non-hydrogen) atoms. The number of rotatable bonds is 17. The van der Waals surface area contributed by atoms with Gasteiger partial charge in [0.05, 0.1) is 45.8 Å². The summed E-state index contributed by atoms with van der Waals surface area (Å²) < 4.78 is 84.7. The Balaban J connectivity index is 1.03. The molecule has 21 nitrogen and oxygen atoms in total. The lowest BCUT2D eigenvalue weighted by Gasteiger charge is -2.37. The monoisotopic (exact) mass is 954 g/mol. The van der Waals surface area contributed by atoms with Gasteiger partial charge < -0.3 is 28.8 Å². The molecule has 7 aromatic rings. The molecule has 356 valence electrons. The smallest absolute Gasteiger partial charge is 0.336 e. The quantitative estimate of drug-likeness (QED) is 0.0950. The van der Waals surface area contributed by atoms with Crippen LogP contribution in [0.15, 0.2) is 109 Å². The van der Waals surface area contributed by atoms with E-state index in [9.17, 15) is 23.1 Å². The van der Waals surface area contributed by atoms with Crippen LogP contribution >= 0.6 is 0 Å². The van der Waals surface area contributed by atoms with Crippen LogP contribution in [-0.4, -0.2) is 116 Å². The SMILES string of the molecule is COc1ccc(C(OC[C@@H]2C[C@@H](OS(=O)(=O)NC[C@H]3O[C@@H](n4cnc5cncnc54)[C@H](F)[C@@H]3O)[C@H](n3cnc4c(=O)[nH]c(NC(=O)C(C)C)nc43)O2)(c2ccccc2)c2ccc(OC)cc2)cc1. The van der Waals surface area contributed by atoms with Gasteiger partial charge in [0.2, 0.25) is 11.9 Å². The molecule has 0 saturated carbocycles. The lowest BCUT2D eigenvalue weighted by atomic mass is 9.80. The predicted octanol–water partition coefficient (Wildman–Crippen LogP) is 3.68. The molecule has 23 heteroatoms. The summed E-state index contributed by atoms with van der Waals surface area (Å²) in [5.41, 5.74) is 0.692. The number of nitrogens with one attached hydrogen (secondary N) is 3. The average Bonchev–Trinajstić information content (AvgIpc) is 4.14. The number of methoxy groups -OCH3 is 2. The molecule has 6 heterocycles. The highest BCUT2D eigenvalue weighted by Gasteiger charge is 2.48. The third-order valence-electron chi connectivity index (χ3n) is 11.8. The fraction of sp³-hybridized carbons (Fsp3) is 0.356. The van der Waals surface area contributed by atoms with E-state index in [1.165, 1.54) is 34.3 Å². The van der Waals surface area contributed by atoms with Crippen molar-refractivity contribution in [3.8, 4) is 11.5 Å². The summed E-state index contributed by atoms with van der Waals surface area (Å²) in [6.07, 6.45) is -4.88. The summed E-state index contributed by atoms with van der Waals surface area (Å²) in [6, 6.07) is 24.3. The summed E-state index contributed by atoms with van der Waals surface area (Å²) in [7, 11) is -1.61. The van der Waals surface area contributed by atoms with Gasteiger partial charge in [0, 0.05) is 18.9 Å². The molecule has 2 aliphatic heterocycles. The maximum Gasteiger partial charge on any atom is 0.336 e. The van der Waals surface area contributed by atoms with Gasteiger partial charge >= 0.3 is 10.3 Å². The number of aromatic amines is 1. The number of aromatic nitrogens is 8. The van der Waals surface area contributed by atoms with E-state index in [-0.39, 0.29) is 35.8 Å². The first-order chi connectivity index (χ1) is 32.8. The number of nitrogens with zero attached hydrogens (tertiary/aromatic N) is 7. The number of benzene rings is 3. The molecule has 0 spiro atoms. The first-order valence-electron chi connectivity index (χ1n) is 21.5. The maximum absolute atomic E-state index is 15.6. The number of hydrogen-bond donors (Lipinski definition) is 4. The van der Waals surface area contributed by atoms with E-state index in [1.54, 1.807) is 28.1 Å². The van der Waals surface area contributed by atoms with E-state index in [2.05, 4.69) is 39.9 Å². The number of alkyl halides is 1. The van der Waals surface area contributed by atoms with Gasteiger partial charge in [-0.15, -0.1) is 0 Å².